The number of carbonyl (C=O) groups is 2. The van der Waals surface area contributed by atoms with Crippen molar-refractivity contribution >= 4 is 11.9 Å². The molecule has 0 aromatic heterocycles. The lowest BCUT2D eigenvalue weighted by Crippen LogP contribution is -2.30. The Kier molecular flexibility index (Phi) is 5.31. The summed E-state index contributed by atoms with van der Waals surface area (Å²) in [6.07, 6.45) is -5.20. The lowest BCUT2D eigenvalue weighted by molar-refractivity contribution is -0.285. The van der Waals surface area contributed by atoms with Gasteiger partial charge in [0.05, 0.1) is 6.54 Å². The summed E-state index contributed by atoms with van der Waals surface area (Å²) in [6.45, 7) is -0.0663. The van der Waals surface area contributed by atoms with Crippen LogP contribution in [0.2, 0.25) is 0 Å². The minimum absolute atomic E-state index is 0.323. The van der Waals surface area contributed by atoms with Crippen LogP contribution in [0.25, 0.3) is 0 Å². The summed E-state index contributed by atoms with van der Waals surface area (Å²) in [4.78, 5) is 28.2. The largest absolute Gasteiger partial charge is 0.495 e. The van der Waals surface area contributed by atoms with Crippen LogP contribution < -0.4 is 5.32 Å². The van der Waals surface area contributed by atoms with Gasteiger partial charge in [0.15, 0.2) is 0 Å². The summed E-state index contributed by atoms with van der Waals surface area (Å²) in [7, 11) is 0. The Balaban J connectivity index is 2.20. The zero-order valence-electron chi connectivity index (χ0n) is 9.57. The number of hydrogen-bond acceptors (Lipinski definition) is 5. The van der Waals surface area contributed by atoms with Gasteiger partial charge in [-0.05, 0) is 5.56 Å². The highest BCUT2D eigenvalue weighted by atomic mass is 19.4. The first-order valence-corrected chi connectivity index (χ1v) is 5.13. The van der Waals surface area contributed by atoms with Crippen molar-refractivity contribution in [3.8, 4) is 0 Å². The molecule has 0 fully saturated rings. The fourth-order valence-electron chi connectivity index (χ4n) is 1.07. The van der Waals surface area contributed by atoms with Crippen molar-refractivity contribution in [1.29, 1.82) is 0 Å². The number of carbonyl (C=O) groups excluding carboxylic acids is 2. The second-order valence-electron chi connectivity index (χ2n) is 3.41. The molecule has 0 aliphatic carbocycles. The Morgan fingerprint density at radius 3 is 2.32 bits per heavy atom. The van der Waals surface area contributed by atoms with E-state index in [0.29, 0.717) is 6.54 Å². The van der Waals surface area contributed by atoms with Crippen LogP contribution in [0.15, 0.2) is 30.3 Å². The van der Waals surface area contributed by atoms with Crippen LogP contribution in [0, 0.1) is 0 Å². The Labute approximate surface area is 106 Å². The minimum Gasteiger partial charge on any atom is -0.303 e. The van der Waals surface area contributed by atoms with Crippen molar-refractivity contribution < 1.29 is 32.5 Å². The maximum absolute atomic E-state index is 11.7. The van der Waals surface area contributed by atoms with Crippen molar-refractivity contribution in [2.75, 3.05) is 6.54 Å². The van der Waals surface area contributed by atoms with E-state index in [1.165, 1.54) is 0 Å². The normalized spacial score (nSPS) is 10.9. The molecule has 0 aliphatic heterocycles. The van der Waals surface area contributed by atoms with Crippen LogP contribution in [0.1, 0.15) is 5.56 Å². The van der Waals surface area contributed by atoms with E-state index in [9.17, 15) is 22.8 Å². The minimum atomic E-state index is -5.20. The van der Waals surface area contributed by atoms with E-state index in [1.807, 2.05) is 6.07 Å². The van der Waals surface area contributed by atoms with Crippen LogP contribution in [0.5, 0.6) is 0 Å². The average Bonchev–Trinajstić information content (AvgIpc) is 2.36. The average molecular weight is 277 g/mol. The molecule has 0 atom stereocenters. The zero-order valence-corrected chi connectivity index (χ0v) is 9.57. The fourth-order valence-corrected chi connectivity index (χ4v) is 1.07. The summed E-state index contributed by atoms with van der Waals surface area (Å²) in [5, 5.41) is 2.62. The van der Waals surface area contributed by atoms with Crippen molar-refractivity contribution in [1.82, 2.24) is 5.32 Å². The molecule has 0 aliphatic rings. The van der Waals surface area contributed by atoms with E-state index in [1.54, 1.807) is 24.3 Å². The fraction of sp³-hybridized carbons (Fsp3) is 0.273. The molecular formula is C11H10F3NO4. The summed E-state index contributed by atoms with van der Waals surface area (Å²) in [6, 6.07) is 8.99. The SMILES string of the molecule is O=C(CNCc1ccccc1)OOC(=O)C(F)(F)F. The second kappa shape index (κ2) is 6.74. The first-order chi connectivity index (χ1) is 8.89. The van der Waals surface area contributed by atoms with Gasteiger partial charge in [-0.2, -0.15) is 13.2 Å². The van der Waals surface area contributed by atoms with Gasteiger partial charge in [-0.1, -0.05) is 30.3 Å². The molecule has 104 valence electrons. The molecule has 0 radical (unpaired) electrons. The van der Waals surface area contributed by atoms with E-state index in [4.69, 9.17) is 0 Å². The van der Waals surface area contributed by atoms with E-state index in [2.05, 4.69) is 15.1 Å². The highest BCUT2D eigenvalue weighted by Gasteiger charge is 2.43. The van der Waals surface area contributed by atoms with Gasteiger partial charge < -0.3 is 5.32 Å². The van der Waals surface area contributed by atoms with Gasteiger partial charge >= 0.3 is 18.1 Å². The zero-order chi connectivity index (χ0) is 14.3. The van der Waals surface area contributed by atoms with Crippen molar-refractivity contribution in [3.63, 3.8) is 0 Å². The first-order valence-electron chi connectivity index (χ1n) is 5.13. The van der Waals surface area contributed by atoms with E-state index in [0.717, 1.165) is 5.56 Å². The maximum atomic E-state index is 11.7. The van der Waals surface area contributed by atoms with E-state index < -0.39 is 18.1 Å². The lowest BCUT2D eigenvalue weighted by Gasteiger charge is -2.06. The van der Waals surface area contributed by atoms with Crippen LogP contribution in [0.4, 0.5) is 13.2 Å². The van der Waals surface area contributed by atoms with Gasteiger partial charge in [0.2, 0.25) is 0 Å². The van der Waals surface area contributed by atoms with Gasteiger partial charge in [0.1, 0.15) is 0 Å². The quantitative estimate of drug-likeness (QED) is 0.664. The lowest BCUT2D eigenvalue weighted by atomic mass is 10.2. The van der Waals surface area contributed by atoms with Gasteiger partial charge in [-0.25, -0.2) is 19.4 Å². The molecule has 0 saturated heterocycles. The molecule has 0 saturated carbocycles. The Morgan fingerprint density at radius 1 is 1.11 bits per heavy atom. The molecule has 0 bridgehead atoms. The van der Waals surface area contributed by atoms with Crippen molar-refractivity contribution in [2.24, 2.45) is 0 Å². The highest BCUT2D eigenvalue weighted by Crippen LogP contribution is 2.16. The van der Waals surface area contributed by atoms with Crippen LogP contribution in [-0.2, 0) is 25.9 Å². The third kappa shape index (κ3) is 5.87. The molecule has 5 nitrogen and oxygen atoms in total. The molecule has 8 heteroatoms. The number of hydrogen-bond donors (Lipinski definition) is 1. The predicted molar refractivity (Wildman–Crippen MR) is 56.4 cm³/mol. The number of rotatable bonds is 4. The molecule has 19 heavy (non-hydrogen) atoms. The van der Waals surface area contributed by atoms with Crippen molar-refractivity contribution in [2.45, 2.75) is 12.7 Å². The molecule has 0 amide bonds. The molecule has 1 aromatic rings. The third-order valence-corrected chi connectivity index (χ3v) is 1.88. The first kappa shape index (κ1) is 15.0. The monoisotopic (exact) mass is 277 g/mol. The standard InChI is InChI=1S/C11H10F3NO4/c12-11(13,14)10(17)19-18-9(16)7-15-6-8-4-2-1-3-5-8/h1-5,15H,6-7H2. The summed E-state index contributed by atoms with van der Waals surface area (Å²) >= 11 is 0. The predicted octanol–water partition coefficient (Wildman–Crippen LogP) is 1.34. The van der Waals surface area contributed by atoms with Crippen LogP contribution >= 0.6 is 0 Å². The van der Waals surface area contributed by atoms with Gasteiger partial charge in [0, 0.05) is 6.54 Å². The third-order valence-electron chi connectivity index (χ3n) is 1.88. The Morgan fingerprint density at radius 2 is 1.74 bits per heavy atom. The molecule has 0 unspecified atom stereocenters. The highest BCUT2D eigenvalue weighted by molar-refractivity contribution is 5.77. The molecule has 0 spiro atoms. The van der Waals surface area contributed by atoms with Crippen molar-refractivity contribution in [3.05, 3.63) is 35.9 Å². The maximum Gasteiger partial charge on any atom is 0.495 e. The van der Waals surface area contributed by atoms with Crippen LogP contribution in [0.3, 0.4) is 0 Å². The number of benzene rings is 1. The smallest absolute Gasteiger partial charge is 0.303 e. The summed E-state index contributed by atoms with van der Waals surface area (Å²) in [5.41, 5.74) is 0.877. The van der Waals surface area contributed by atoms with E-state index >= 15 is 0 Å². The Hall–Kier alpha value is -2.09. The number of alkyl halides is 3. The van der Waals surface area contributed by atoms with Gasteiger partial charge in [-0.3, -0.25) is 0 Å². The Bertz CT molecular complexity index is 433. The number of nitrogens with one attached hydrogen (secondary N) is 1. The van der Waals surface area contributed by atoms with Gasteiger partial charge in [0.25, 0.3) is 0 Å². The van der Waals surface area contributed by atoms with Crippen LogP contribution in [-0.4, -0.2) is 24.7 Å². The molecule has 1 aromatic carbocycles. The van der Waals surface area contributed by atoms with Gasteiger partial charge in [-0.15, -0.1) is 0 Å². The molecule has 0 heterocycles. The summed E-state index contributed by atoms with van der Waals surface area (Å²) in [5.74, 6) is -3.71. The topological polar surface area (TPSA) is 64.6 Å². The van der Waals surface area contributed by atoms with E-state index in [-0.39, 0.29) is 6.54 Å². The second-order valence-corrected chi connectivity index (χ2v) is 3.41. The summed E-state index contributed by atoms with van der Waals surface area (Å²) < 4.78 is 35.1. The molecule has 1 N–H and O–H groups in total. The molecule has 1 rings (SSSR count). The molecular weight excluding hydrogens is 267 g/mol. The number of halogens is 3.